The fourth-order valence-electron chi connectivity index (χ4n) is 2.52. The van der Waals surface area contributed by atoms with Gasteiger partial charge in [0, 0.05) is 6.54 Å². The molecule has 1 unspecified atom stereocenters. The molecule has 1 aromatic carbocycles. The van der Waals surface area contributed by atoms with E-state index in [4.69, 9.17) is 0 Å². The molecule has 0 bridgehead atoms. The lowest BCUT2D eigenvalue weighted by atomic mass is 9.92. The molecule has 2 rings (SSSR count). The lowest BCUT2D eigenvalue weighted by molar-refractivity contribution is 0.202. The van der Waals surface area contributed by atoms with Gasteiger partial charge < -0.3 is 4.90 Å². The Labute approximate surface area is 93.1 Å². The Balaban J connectivity index is 1.78. The molecule has 15 heavy (non-hydrogen) atoms. The van der Waals surface area contributed by atoms with Gasteiger partial charge in [0.2, 0.25) is 0 Å². The summed E-state index contributed by atoms with van der Waals surface area (Å²) in [6.45, 7) is 2.59. The second-order valence-electron chi connectivity index (χ2n) is 4.79. The van der Waals surface area contributed by atoms with Gasteiger partial charge in [0.25, 0.3) is 0 Å². The zero-order valence-electron chi connectivity index (χ0n) is 9.65. The van der Waals surface area contributed by atoms with Crippen molar-refractivity contribution in [3.63, 3.8) is 0 Å². The van der Waals surface area contributed by atoms with Crippen LogP contribution >= 0.6 is 0 Å². The first kappa shape index (κ1) is 10.7. The number of piperidine rings is 1. The van der Waals surface area contributed by atoms with Crippen LogP contribution in [-0.4, -0.2) is 25.0 Å². The van der Waals surface area contributed by atoms with Gasteiger partial charge in [-0.05, 0) is 50.8 Å². The Bertz CT molecular complexity index is 281. The van der Waals surface area contributed by atoms with E-state index in [2.05, 4.69) is 42.3 Å². The maximum atomic E-state index is 2.47. The highest BCUT2D eigenvalue weighted by molar-refractivity contribution is 5.14. The van der Waals surface area contributed by atoms with Crippen molar-refractivity contribution in [1.29, 1.82) is 0 Å². The van der Waals surface area contributed by atoms with Crippen molar-refractivity contribution in [2.75, 3.05) is 20.1 Å². The third-order valence-electron chi connectivity index (χ3n) is 3.41. The van der Waals surface area contributed by atoms with Crippen LogP contribution in [0.15, 0.2) is 30.3 Å². The van der Waals surface area contributed by atoms with Crippen molar-refractivity contribution >= 4 is 0 Å². The van der Waals surface area contributed by atoms with Crippen molar-refractivity contribution in [3.8, 4) is 0 Å². The van der Waals surface area contributed by atoms with E-state index in [9.17, 15) is 0 Å². The summed E-state index contributed by atoms with van der Waals surface area (Å²) in [6, 6.07) is 10.9. The van der Waals surface area contributed by atoms with E-state index in [1.165, 1.54) is 44.3 Å². The number of aryl methyl sites for hydroxylation is 1. The van der Waals surface area contributed by atoms with E-state index >= 15 is 0 Å². The molecule has 1 atom stereocenters. The highest BCUT2D eigenvalue weighted by Crippen LogP contribution is 2.20. The van der Waals surface area contributed by atoms with Gasteiger partial charge in [-0.25, -0.2) is 0 Å². The van der Waals surface area contributed by atoms with E-state index in [0.29, 0.717) is 0 Å². The average Bonchev–Trinajstić information content (AvgIpc) is 2.28. The number of hydrogen-bond donors (Lipinski definition) is 0. The lowest BCUT2D eigenvalue weighted by Gasteiger charge is -2.29. The Morgan fingerprint density at radius 1 is 1.27 bits per heavy atom. The summed E-state index contributed by atoms with van der Waals surface area (Å²) in [7, 11) is 2.24. The number of benzene rings is 1. The minimum atomic E-state index is 0.920. The van der Waals surface area contributed by atoms with Gasteiger partial charge in [0.15, 0.2) is 0 Å². The van der Waals surface area contributed by atoms with Crippen LogP contribution in [0.3, 0.4) is 0 Å². The molecule has 0 N–H and O–H groups in total. The quantitative estimate of drug-likeness (QED) is 0.730. The van der Waals surface area contributed by atoms with E-state index in [-0.39, 0.29) is 0 Å². The van der Waals surface area contributed by atoms with E-state index < -0.39 is 0 Å². The SMILES string of the molecule is CN1CCCC(CCc2ccccc2)C1. The van der Waals surface area contributed by atoms with Crippen LogP contribution < -0.4 is 0 Å². The molecule has 0 aromatic heterocycles. The zero-order valence-corrected chi connectivity index (χ0v) is 9.65. The normalized spacial score (nSPS) is 22.9. The Morgan fingerprint density at radius 2 is 2.07 bits per heavy atom. The highest BCUT2D eigenvalue weighted by Gasteiger charge is 2.16. The number of rotatable bonds is 3. The summed E-state index contributed by atoms with van der Waals surface area (Å²) in [5.74, 6) is 0.920. The van der Waals surface area contributed by atoms with Crippen LogP contribution in [0.1, 0.15) is 24.8 Å². The van der Waals surface area contributed by atoms with Crippen LogP contribution in [0.2, 0.25) is 0 Å². The molecule has 82 valence electrons. The van der Waals surface area contributed by atoms with Gasteiger partial charge in [0.05, 0.1) is 0 Å². The molecular weight excluding hydrogens is 182 g/mol. The Hall–Kier alpha value is -0.820. The summed E-state index contributed by atoms with van der Waals surface area (Å²) in [4.78, 5) is 2.47. The highest BCUT2D eigenvalue weighted by atomic mass is 15.1. The van der Waals surface area contributed by atoms with Gasteiger partial charge in [-0.15, -0.1) is 0 Å². The van der Waals surface area contributed by atoms with Gasteiger partial charge in [0.1, 0.15) is 0 Å². The summed E-state index contributed by atoms with van der Waals surface area (Å²) < 4.78 is 0. The van der Waals surface area contributed by atoms with Gasteiger partial charge in [-0.2, -0.15) is 0 Å². The van der Waals surface area contributed by atoms with Crippen LogP contribution in [0.25, 0.3) is 0 Å². The zero-order chi connectivity index (χ0) is 10.5. The third kappa shape index (κ3) is 3.35. The first-order valence-corrected chi connectivity index (χ1v) is 6.07. The topological polar surface area (TPSA) is 3.24 Å². The number of nitrogens with zero attached hydrogens (tertiary/aromatic N) is 1. The fourth-order valence-corrected chi connectivity index (χ4v) is 2.52. The Kier molecular flexibility index (Phi) is 3.79. The first-order chi connectivity index (χ1) is 7.34. The van der Waals surface area contributed by atoms with Gasteiger partial charge >= 0.3 is 0 Å². The molecule has 0 spiro atoms. The van der Waals surface area contributed by atoms with Crippen LogP contribution in [0, 0.1) is 5.92 Å². The molecular formula is C14H21N. The molecule has 1 saturated heterocycles. The molecule has 1 aromatic rings. The smallest absolute Gasteiger partial charge is 0.000673 e. The molecule has 0 aliphatic carbocycles. The standard InChI is InChI=1S/C14H21N/c1-15-11-5-8-14(12-15)10-9-13-6-3-2-4-7-13/h2-4,6-7,14H,5,8-12H2,1H3. The molecule has 1 aliphatic heterocycles. The Morgan fingerprint density at radius 3 is 2.80 bits per heavy atom. The molecule has 1 fully saturated rings. The van der Waals surface area contributed by atoms with E-state index in [1.807, 2.05) is 0 Å². The monoisotopic (exact) mass is 203 g/mol. The van der Waals surface area contributed by atoms with Crippen molar-refractivity contribution < 1.29 is 0 Å². The van der Waals surface area contributed by atoms with Crippen molar-refractivity contribution in [2.24, 2.45) is 5.92 Å². The lowest BCUT2D eigenvalue weighted by Crippen LogP contribution is -2.32. The molecule has 1 aliphatic rings. The minimum absolute atomic E-state index is 0.920. The second kappa shape index (κ2) is 5.32. The third-order valence-corrected chi connectivity index (χ3v) is 3.41. The number of hydrogen-bond acceptors (Lipinski definition) is 1. The van der Waals surface area contributed by atoms with E-state index in [0.717, 1.165) is 5.92 Å². The summed E-state index contributed by atoms with van der Waals surface area (Å²) >= 11 is 0. The maximum Gasteiger partial charge on any atom is 0.000673 e. The van der Waals surface area contributed by atoms with Crippen molar-refractivity contribution in [3.05, 3.63) is 35.9 Å². The average molecular weight is 203 g/mol. The summed E-state index contributed by atoms with van der Waals surface area (Å²) in [5.41, 5.74) is 1.49. The molecule has 1 heterocycles. The predicted octanol–water partition coefficient (Wildman–Crippen LogP) is 2.96. The second-order valence-corrected chi connectivity index (χ2v) is 4.79. The van der Waals surface area contributed by atoms with Crippen LogP contribution in [-0.2, 0) is 6.42 Å². The largest absolute Gasteiger partial charge is 0.306 e. The van der Waals surface area contributed by atoms with Gasteiger partial charge in [-0.3, -0.25) is 0 Å². The molecule has 1 heteroatoms. The molecule has 0 radical (unpaired) electrons. The van der Waals surface area contributed by atoms with Crippen molar-refractivity contribution in [2.45, 2.75) is 25.7 Å². The molecule has 0 saturated carbocycles. The van der Waals surface area contributed by atoms with Crippen LogP contribution in [0.4, 0.5) is 0 Å². The van der Waals surface area contributed by atoms with E-state index in [1.54, 1.807) is 0 Å². The summed E-state index contributed by atoms with van der Waals surface area (Å²) in [6.07, 6.45) is 5.42. The van der Waals surface area contributed by atoms with Crippen molar-refractivity contribution in [1.82, 2.24) is 4.90 Å². The van der Waals surface area contributed by atoms with Gasteiger partial charge in [-0.1, -0.05) is 30.3 Å². The maximum absolute atomic E-state index is 2.47. The minimum Gasteiger partial charge on any atom is -0.306 e. The molecule has 0 amide bonds. The predicted molar refractivity (Wildman–Crippen MR) is 65.0 cm³/mol. The number of likely N-dealkylation sites (tertiary alicyclic amines) is 1. The molecule has 1 nitrogen and oxygen atoms in total. The van der Waals surface area contributed by atoms with Crippen LogP contribution in [0.5, 0.6) is 0 Å². The summed E-state index contributed by atoms with van der Waals surface area (Å²) in [5, 5.41) is 0. The first-order valence-electron chi connectivity index (χ1n) is 6.07. The fraction of sp³-hybridized carbons (Fsp3) is 0.571.